The summed E-state index contributed by atoms with van der Waals surface area (Å²) in [4.78, 5) is 2.43. The minimum absolute atomic E-state index is 0.136. The maximum atomic E-state index is 5.96. The number of nitrogens with two attached hydrogens (primary N) is 1. The van der Waals surface area contributed by atoms with E-state index in [4.69, 9.17) is 15.2 Å². The third-order valence-electron chi connectivity index (χ3n) is 3.73. The predicted molar refractivity (Wildman–Crippen MR) is 70.0 cm³/mol. The van der Waals surface area contributed by atoms with Gasteiger partial charge in [-0.2, -0.15) is 0 Å². The summed E-state index contributed by atoms with van der Waals surface area (Å²) in [6, 6.07) is 7.86. The van der Waals surface area contributed by atoms with E-state index in [0.29, 0.717) is 12.5 Å². The van der Waals surface area contributed by atoms with Crippen molar-refractivity contribution in [2.45, 2.75) is 12.5 Å². The zero-order valence-electron chi connectivity index (χ0n) is 10.5. The SMILES string of the molecule is NCC1CCN(CC2COc3ccccc3O2)C1. The average Bonchev–Trinajstić information content (AvgIpc) is 2.86. The number of ether oxygens (including phenoxy) is 2. The van der Waals surface area contributed by atoms with E-state index in [0.717, 1.165) is 37.7 Å². The van der Waals surface area contributed by atoms with Crippen LogP contribution in [-0.4, -0.2) is 43.8 Å². The van der Waals surface area contributed by atoms with Crippen molar-refractivity contribution < 1.29 is 9.47 Å². The Hall–Kier alpha value is -1.26. The van der Waals surface area contributed by atoms with Crippen molar-refractivity contribution in [3.05, 3.63) is 24.3 Å². The van der Waals surface area contributed by atoms with Gasteiger partial charge in [-0.3, -0.25) is 4.90 Å². The maximum Gasteiger partial charge on any atom is 0.161 e. The quantitative estimate of drug-likeness (QED) is 0.870. The molecule has 2 aliphatic heterocycles. The summed E-state index contributed by atoms with van der Waals surface area (Å²) in [6.07, 6.45) is 1.34. The molecule has 98 valence electrons. The van der Waals surface area contributed by atoms with Crippen molar-refractivity contribution >= 4 is 0 Å². The number of nitrogens with zero attached hydrogens (tertiary/aromatic N) is 1. The lowest BCUT2D eigenvalue weighted by molar-refractivity contribution is 0.0641. The van der Waals surface area contributed by atoms with Crippen molar-refractivity contribution in [3.63, 3.8) is 0 Å². The van der Waals surface area contributed by atoms with E-state index < -0.39 is 0 Å². The van der Waals surface area contributed by atoms with Gasteiger partial charge in [0.25, 0.3) is 0 Å². The number of hydrogen-bond acceptors (Lipinski definition) is 4. The van der Waals surface area contributed by atoms with E-state index in [-0.39, 0.29) is 6.10 Å². The molecule has 1 saturated heterocycles. The van der Waals surface area contributed by atoms with Crippen molar-refractivity contribution in [2.24, 2.45) is 11.7 Å². The van der Waals surface area contributed by atoms with Crippen LogP contribution in [0.15, 0.2) is 24.3 Å². The van der Waals surface area contributed by atoms with Crippen LogP contribution < -0.4 is 15.2 Å². The summed E-state index contributed by atoms with van der Waals surface area (Å²) in [6.45, 7) is 4.59. The third kappa shape index (κ3) is 2.44. The van der Waals surface area contributed by atoms with Gasteiger partial charge in [0.05, 0.1) is 0 Å². The minimum Gasteiger partial charge on any atom is -0.486 e. The molecule has 0 amide bonds. The Balaban J connectivity index is 1.57. The van der Waals surface area contributed by atoms with E-state index in [1.807, 2.05) is 24.3 Å². The first-order chi connectivity index (χ1) is 8.85. The average molecular weight is 248 g/mol. The summed E-state index contributed by atoms with van der Waals surface area (Å²) in [5.41, 5.74) is 5.71. The second kappa shape index (κ2) is 5.16. The Bertz CT molecular complexity index is 411. The lowest BCUT2D eigenvalue weighted by Crippen LogP contribution is -2.40. The van der Waals surface area contributed by atoms with Gasteiger partial charge < -0.3 is 15.2 Å². The molecule has 1 fully saturated rings. The molecule has 0 radical (unpaired) electrons. The second-order valence-electron chi connectivity index (χ2n) is 5.15. The van der Waals surface area contributed by atoms with Crippen LogP contribution >= 0.6 is 0 Å². The normalized spacial score (nSPS) is 27.4. The zero-order chi connectivity index (χ0) is 12.4. The van der Waals surface area contributed by atoms with Gasteiger partial charge in [0.1, 0.15) is 12.7 Å². The molecule has 4 nitrogen and oxygen atoms in total. The molecule has 2 aliphatic rings. The topological polar surface area (TPSA) is 47.7 Å². The first-order valence-electron chi connectivity index (χ1n) is 6.66. The second-order valence-corrected chi connectivity index (χ2v) is 5.15. The van der Waals surface area contributed by atoms with E-state index in [2.05, 4.69) is 4.90 Å². The molecule has 2 heterocycles. The van der Waals surface area contributed by atoms with Gasteiger partial charge in [0.15, 0.2) is 11.5 Å². The highest BCUT2D eigenvalue weighted by Crippen LogP contribution is 2.31. The summed E-state index contributed by atoms with van der Waals surface area (Å²) in [5, 5.41) is 0. The molecule has 1 aromatic rings. The highest BCUT2D eigenvalue weighted by atomic mass is 16.6. The van der Waals surface area contributed by atoms with Gasteiger partial charge in [0, 0.05) is 13.1 Å². The van der Waals surface area contributed by atoms with Crippen molar-refractivity contribution in [1.82, 2.24) is 4.90 Å². The number of rotatable bonds is 3. The fourth-order valence-electron chi connectivity index (χ4n) is 2.71. The Morgan fingerprint density at radius 3 is 2.89 bits per heavy atom. The lowest BCUT2D eigenvalue weighted by atomic mass is 10.1. The molecule has 0 saturated carbocycles. The monoisotopic (exact) mass is 248 g/mol. The van der Waals surface area contributed by atoms with Crippen LogP contribution in [0.3, 0.4) is 0 Å². The first-order valence-corrected chi connectivity index (χ1v) is 6.66. The van der Waals surface area contributed by atoms with E-state index >= 15 is 0 Å². The third-order valence-corrected chi connectivity index (χ3v) is 3.73. The molecule has 2 N–H and O–H groups in total. The number of fused-ring (bicyclic) bond motifs is 1. The van der Waals surface area contributed by atoms with Gasteiger partial charge in [-0.15, -0.1) is 0 Å². The molecule has 0 bridgehead atoms. The molecule has 4 heteroatoms. The summed E-state index contributed by atoms with van der Waals surface area (Å²) < 4.78 is 11.7. The number of likely N-dealkylation sites (tertiary alicyclic amines) is 1. The highest BCUT2D eigenvalue weighted by molar-refractivity contribution is 5.40. The summed E-state index contributed by atoms with van der Waals surface area (Å²) >= 11 is 0. The number of hydrogen-bond donors (Lipinski definition) is 1. The maximum absolute atomic E-state index is 5.96. The first kappa shape index (κ1) is 11.8. The number of benzene rings is 1. The van der Waals surface area contributed by atoms with E-state index in [1.54, 1.807) is 0 Å². The fraction of sp³-hybridized carbons (Fsp3) is 0.571. The van der Waals surface area contributed by atoms with E-state index in [9.17, 15) is 0 Å². The van der Waals surface area contributed by atoms with Crippen LogP contribution in [0.5, 0.6) is 11.5 Å². The number of para-hydroxylation sites is 2. The van der Waals surface area contributed by atoms with Crippen LogP contribution in [0.4, 0.5) is 0 Å². The minimum atomic E-state index is 0.136. The van der Waals surface area contributed by atoms with Crippen molar-refractivity contribution in [2.75, 3.05) is 32.8 Å². The van der Waals surface area contributed by atoms with Crippen LogP contribution in [0.25, 0.3) is 0 Å². The molecule has 2 atom stereocenters. The summed E-state index contributed by atoms with van der Waals surface area (Å²) in [5.74, 6) is 2.38. The highest BCUT2D eigenvalue weighted by Gasteiger charge is 2.27. The van der Waals surface area contributed by atoms with Crippen LogP contribution in [0.2, 0.25) is 0 Å². The standard InChI is InChI=1S/C14H20N2O2/c15-7-11-5-6-16(8-11)9-12-10-17-13-3-1-2-4-14(13)18-12/h1-4,11-12H,5-10,15H2. The lowest BCUT2D eigenvalue weighted by Gasteiger charge is -2.29. The molecule has 1 aromatic carbocycles. The largest absolute Gasteiger partial charge is 0.486 e. The molecular formula is C14H20N2O2. The molecule has 0 aromatic heterocycles. The van der Waals surface area contributed by atoms with Gasteiger partial charge in [-0.25, -0.2) is 0 Å². The van der Waals surface area contributed by atoms with Gasteiger partial charge in [0.2, 0.25) is 0 Å². The zero-order valence-corrected chi connectivity index (χ0v) is 10.5. The van der Waals surface area contributed by atoms with Crippen molar-refractivity contribution in [3.8, 4) is 11.5 Å². The fourth-order valence-corrected chi connectivity index (χ4v) is 2.71. The van der Waals surface area contributed by atoms with Crippen LogP contribution in [0, 0.1) is 5.92 Å². The molecule has 2 unspecified atom stereocenters. The Morgan fingerprint density at radius 1 is 1.28 bits per heavy atom. The van der Waals surface area contributed by atoms with Gasteiger partial charge in [-0.1, -0.05) is 12.1 Å². The van der Waals surface area contributed by atoms with E-state index in [1.165, 1.54) is 6.42 Å². The van der Waals surface area contributed by atoms with Crippen LogP contribution in [-0.2, 0) is 0 Å². The van der Waals surface area contributed by atoms with Gasteiger partial charge >= 0.3 is 0 Å². The Kier molecular flexibility index (Phi) is 3.39. The molecule has 3 rings (SSSR count). The Labute approximate surface area is 108 Å². The summed E-state index contributed by atoms with van der Waals surface area (Å²) in [7, 11) is 0. The predicted octanol–water partition coefficient (Wildman–Crippen LogP) is 1.11. The van der Waals surface area contributed by atoms with Gasteiger partial charge in [-0.05, 0) is 37.6 Å². The van der Waals surface area contributed by atoms with Crippen LogP contribution in [0.1, 0.15) is 6.42 Å². The smallest absolute Gasteiger partial charge is 0.161 e. The molecule has 0 spiro atoms. The Morgan fingerprint density at radius 2 is 2.11 bits per heavy atom. The van der Waals surface area contributed by atoms with Crippen molar-refractivity contribution in [1.29, 1.82) is 0 Å². The molecular weight excluding hydrogens is 228 g/mol. The molecule has 18 heavy (non-hydrogen) atoms. The molecule has 0 aliphatic carbocycles.